The number of carbonyl (C=O) groups is 1. The monoisotopic (exact) mass is 285 g/mol. The Hall–Kier alpha value is -2.21. The fraction of sp³-hybridized carbons (Fsp3) is 0.400. The number of hydrogen-bond acceptors (Lipinski definition) is 4. The number of nitrogens with one attached hydrogen (secondary N) is 2. The van der Waals surface area contributed by atoms with Gasteiger partial charge in [-0.2, -0.15) is 5.10 Å². The molecule has 1 fully saturated rings. The molecule has 0 saturated carbocycles. The molecule has 2 heterocycles. The number of anilines is 1. The molecule has 6 nitrogen and oxygen atoms in total. The Balaban J connectivity index is 1.63. The van der Waals surface area contributed by atoms with E-state index in [1.807, 2.05) is 24.3 Å². The van der Waals surface area contributed by atoms with Gasteiger partial charge < -0.3 is 10.6 Å². The molecule has 0 bridgehead atoms. The lowest BCUT2D eigenvalue weighted by atomic mass is 9.99. The second-order valence-electron chi connectivity index (χ2n) is 5.33. The zero-order valence-corrected chi connectivity index (χ0v) is 11.8. The van der Waals surface area contributed by atoms with Gasteiger partial charge >= 0.3 is 0 Å². The second-order valence-corrected chi connectivity index (χ2v) is 5.33. The van der Waals surface area contributed by atoms with Gasteiger partial charge in [0.1, 0.15) is 12.7 Å². The van der Waals surface area contributed by atoms with Crippen molar-refractivity contribution >= 4 is 11.6 Å². The fourth-order valence-corrected chi connectivity index (χ4v) is 2.57. The minimum absolute atomic E-state index is 0.0673. The molecule has 6 heteroatoms. The van der Waals surface area contributed by atoms with Crippen LogP contribution in [0, 0.1) is 5.92 Å². The van der Waals surface area contributed by atoms with Crippen LogP contribution in [0.5, 0.6) is 0 Å². The maximum absolute atomic E-state index is 12.2. The molecule has 1 amide bonds. The van der Waals surface area contributed by atoms with Crippen LogP contribution in [-0.4, -0.2) is 33.8 Å². The van der Waals surface area contributed by atoms with Crippen LogP contribution in [-0.2, 0) is 11.3 Å². The van der Waals surface area contributed by atoms with Crippen LogP contribution in [0.3, 0.4) is 0 Å². The van der Waals surface area contributed by atoms with E-state index in [1.54, 1.807) is 11.0 Å². The number of piperidine rings is 1. The Kier molecular flexibility index (Phi) is 4.25. The summed E-state index contributed by atoms with van der Waals surface area (Å²) in [6.45, 7) is 2.43. The Morgan fingerprint density at radius 1 is 1.48 bits per heavy atom. The number of nitrogens with zero attached hydrogens (tertiary/aromatic N) is 3. The smallest absolute Gasteiger partial charge is 0.228 e. The molecule has 0 unspecified atom stereocenters. The summed E-state index contributed by atoms with van der Waals surface area (Å²) < 4.78 is 1.76. The van der Waals surface area contributed by atoms with Crippen molar-refractivity contribution in [1.29, 1.82) is 0 Å². The van der Waals surface area contributed by atoms with E-state index >= 15 is 0 Å². The van der Waals surface area contributed by atoms with Crippen LogP contribution >= 0.6 is 0 Å². The van der Waals surface area contributed by atoms with Crippen molar-refractivity contribution < 1.29 is 4.79 Å². The maximum atomic E-state index is 12.2. The van der Waals surface area contributed by atoms with Gasteiger partial charge in [0.15, 0.2) is 0 Å². The molecule has 2 N–H and O–H groups in total. The van der Waals surface area contributed by atoms with Crippen LogP contribution in [0.15, 0.2) is 36.9 Å². The van der Waals surface area contributed by atoms with E-state index in [9.17, 15) is 4.79 Å². The van der Waals surface area contributed by atoms with Gasteiger partial charge in [0, 0.05) is 12.2 Å². The summed E-state index contributed by atoms with van der Waals surface area (Å²) in [7, 11) is 0. The van der Waals surface area contributed by atoms with E-state index < -0.39 is 0 Å². The Morgan fingerprint density at radius 3 is 3.19 bits per heavy atom. The Bertz CT molecular complexity index is 590. The van der Waals surface area contributed by atoms with Crippen molar-refractivity contribution in [2.24, 2.45) is 5.92 Å². The van der Waals surface area contributed by atoms with Crippen LogP contribution in [0.4, 0.5) is 5.69 Å². The minimum atomic E-state index is 0.0673. The highest BCUT2D eigenvalue weighted by atomic mass is 16.1. The molecule has 2 aromatic rings. The standard InChI is InChI=1S/C15H19N5O/c21-15(13-4-2-6-16-8-13)19-14-5-1-3-12(7-14)9-20-11-17-10-18-20/h1,3,5,7,10-11,13,16H,2,4,6,8-9H2,(H,19,21)/t13-/m1/s1. The first-order valence-corrected chi connectivity index (χ1v) is 7.24. The van der Waals surface area contributed by atoms with E-state index in [2.05, 4.69) is 20.7 Å². The third-order valence-electron chi connectivity index (χ3n) is 3.67. The zero-order chi connectivity index (χ0) is 14.5. The molecule has 0 spiro atoms. The highest BCUT2D eigenvalue weighted by Crippen LogP contribution is 2.16. The summed E-state index contributed by atoms with van der Waals surface area (Å²) in [5, 5.41) is 10.4. The van der Waals surface area contributed by atoms with Crippen molar-refractivity contribution in [3.63, 3.8) is 0 Å². The predicted octanol–water partition coefficient (Wildman–Crippen LogP) is 1.26. The average molecular weight is 285 g/mol. The quantitative estimate of drug-likeness (QED) is 0.887. The number of rotatable bonds is 4. The minimum Gasteiger partial charge on any atom is -0.326 e. The molecule has 1 aromatic carbocycles. The number of benzene rings is 1. The van der Waals surface area contributed by atoms with Gasteiger partial charge in [-0.25, -0.2) is 9.67 Å². The summed E-state index contributed by atoms with van der Waals surface area (Å²) >= 11 is 0. The van der Waals surface area contributed by atoms with Crippen LogP contribution in [0.1, 0.15) is 18.4 Å². The largest absolute Gasteiger partial charge is 0.326 e. The van der Waals surface area contributed by atoms with Crippen molar-refractivity contribution in [1.82, 2.24) is 20.1 Å². The lowest BCUT2D eigenvalue weighted by molar-refractivity contribution is -0.120. The van der Waals surface area contributed by atoms with E-state index in [0.29, 0.717) is 6.54 Å². The summed E-state index contributed by atoms with van der Waals surface area (Å²) in [6, 6.07) is 7.86. The van der Waals surface area contributed by atoms with Gasteiger partial charge in [-0.05, 0) is 37.1 Å². The average Bonchev–Trinajstić information content (AvgIpc) is 3.01. The summed E-state index contributed by atoms with van der Waals surface area (Å²) in [6.07, 6.45) is 5.21. The Morgan fingerprint density at radius 2 is 2.43 bits per heavy atom. The highest BCUT2D eigenvalue weighted by Gasteiger charge is 2.20. The van der Waals surface area contributed by atoms with Gasteiger partial charge in [-0.15, -0.1) is 0 Å². The second kappa shape index (κ2) is 6.49. The van der Waals surface area contributed by atoms with Crippen molar-refractivity contribution in [2.45, 2.75) is 19.4 Å². The zero-order valence-electron chi connectivity index (χ0n) is 11.8. The summed E-state index contributed by atoms with van der Waals surface area (Å²) in [5.41, 5.74) is 1.92. The third kappa shape index (κ3) is 3.66. The van der Waals surface area contributed by atoms with Crippen LogP contribution in [0.25, 0.3) is 0 Å². The van der Waals surface area contributed by atoms with Gasteiger partial charge in [0.05, 0.1) is 12.5 Å². The van der Waals surface area contributed by atoms with Crippen molar-refractivity contribution in [2.75, 3.05) is 18.4 Å². The molecular weight excluding hydrogens is 266 g/mol. The number of hydrogen-bond donors (Lipinski definition) is 2. The molecule has 1 atom stereocenters. The van der Waals surface area contributed by atoms with Gasteiger partial charge in [0.2, 0.25) is 5.91 Å². The molecule has 21 heavy (non-hydrogen) atoms. The van der Waals surface area contributed by atoms with E-state index in [4.69, 9.17) is 0 Å². The summed E-state index contributed by atoms with van der Waals surface area (Å²) in [5.74, 6) is 0.165. The normalized spacial score (nSPS) is 18.4. The fourth-order valence-electron chi connectivity index (χ4n) is 2.57. The van der Waals surface area contributed by atoms with Crippen molar-refractivity contribution in [3.8, 4) is 0 Å². The lowest BCUT2D eigenvalue weighted by Gasteiger charge is -2.22. The molecule has 0 aliphatic carbocycles. The van der Waals surface area contributed by atoms with Gasteiger partial charge in [0.25, 0.3) is 0 Å². The summed E-state index contributed by atoms with van der Waals surface area (Å²) in [4.78, 5) is 16.1. The number of carbonyl (C=O) groups excluding carboxylic acids is 1. The molecular formula is C15H19N5O. The highest BCUT2D eigenvalue weighted by molar-refractivity contribution is 5.92. The first-order valence-electron chi connectivity index (χ1n) is 7.24. The molecule has 1 aromatic heterocycles. The number of aromatic nitrogens is 3. The topological polar surface area (TPSA) is 71.8 Å². The molecule has 3 rings (SSSR count). The molecule has 1 aliphatic rings. The molecule has 1 saturated heterocycles. The van der Waals surface area contributed by atoms with Crippen LogP contribution < -0.4 is 10.6 Å². The van der Waals surface area contributed by atoms with E-state index in [0.717, 1.165) is 37.2 Å². The first kappa shape index (κ1) is 13.8. The molecule has 0 radical (unpaired) electrons. The first-order chi connectivity index (χ1) is 10.3. The maximum Gasteiger partial charge on any atom is 0.228 e. The Labute approximate surface area is 123 Å². The third-order valence-corrected chi connectivity index (χ3v) is 3.67. The molecule has 110 valence electrons. The van der Waals surface area contributed by atoms with Crippen molar-refractivity contribution in [3.05, 3.63) is 42.5 Å². The van der Waals surface area contributed by atoms with E-state index in [-0.39, 0.29) is 11.8 Å². The molecule has 1 aliphatic heterocycles. The van der Waals surface area contributed by atoms with Gasteiger partial charge in [-0.1, -0.05) is 12.1 Å². The van der Waals surface area contributed by atoms with E-state index in [1.165, 1.54) is 6.33 Å². The lowest BCUT2D eigenvalue weighted by Crippen LogP contribution is -2.37. The SMILES string of the molecule is O=C(Nc1cccc(Cn2cncn2)c1)[C@@H]1CCCNC1. The van der Waals surface area contributed by atoms with Crippen LogP contribution in [0.2, 0.25) is 0 Å². The van der Waals surface area contributed by atoms with Gasteiger partial charge in [-0.3, -0.25) is 4.79 Å². The predicted molar refractivity (Wildman–Crippen MR) is 79.8 cm³/mol. The number of amides is 1.